The zero-order chi connectivity index (χ0) is 43.5. The summed E-state index contributed by atoms with van der Waals surface area (Å²) in [7, 11) is 0.369. The van der Waals surface area contributed by atoms with Crippen LogP contribution < -0.4 is 5.11 Å². The minimum Gasteiger partial charge on any atom is -0.547 e. The maximum absolute atomic E-state index is 10.0. The van der Waals surface area contributed by atoms with Crippen LogP contribution in [0.1, 0.15) is 13.8 Å². The van der Waals surface area contributed by atoms with Gasteiger partial charge in [-0.25, -0.2) is 15.3 Å². The summed E-state index contributed by atoms with van der Waals surface area (Å²) < 4.78 is 11.0. The molecule has 0 amide bonds. The third-order valence-corrected chi connectivity index (χ3v) is 10.6. The van der Waals surface area contributed by atoms with Gasteiger partial charge in [-0.2, -0.15) is 0 Å². The van der Waals surface area contributed by atoms with Gasteiger partial charge in [0.15, 0.2) is 0 Å². The number of aliphatic hydroxyl groups is 1. The maximum Gasteiger partial charge on any atom is 2.00 e. The summed E-state index contributed by atoms with van der Waals surface area (Å²) in [6.45, 7) is 2.87. The van der Waals surface area contributed by atoms with Gasteiger partial charge in [-0.05, 0) is 48.7 Å². The minimum atomic E-state index is -1.96. The number of carbonyl (C=O) groups excluding carboxylic acids is 1. The fraction of sp³-hybridized carbons (Fsp3) is 0.0980. The Morgan fingerprint density at radius 1 is 0.476 bits per heavy atom. The van der Waals surface area contributed by atoms with E-state index in [9.17, 15) is 9.90 Å². The number of rotatable bonds is 11. The molecule has 0 saturated carbocycles. The van der Waals surface area contributed by atoms with E-state index in [0.29, 0.717) is 0 Å². The predicted molar refractivity (Wildman–Crippen MR) is 247 cm³/mol. The average molecular weight is 875 g/mol. The number of carboxylic acids is 1. The predicted octanol–water partition coefficient (Wildman–Crippen LogP) is 8.71. The Balaban J connectivity index is 0.000000544. The SMILES string of the molecule is CO.COC(C)(C)C(=O)[O-].[Fe+2].c1ccc(-c2cc(-c3ccccc3)n([BH-](n3nc(-c4ccccc4)cc3-c3ccccc3)n3nc(-c4ccccc4)cc3-c3ccccc3)n2)cc1. The molecule has 0 radical (unpaired) electrons. The van der Waals surface area contributed by atoms with Gasteiger partial charge in [0, 0.05) is 48.0 Å². The molecule has 0 spiro atoms. The third kappa shape index (κ3) is 10.3. The monoisotopic (exact) mass is 874 g/mol. The molecule has 0 unspecified atom stereocenters. The van der Waals surface area contributed by atoms with Crippen LogP contribution in [0, 0.1) is 0 Å². The van der Waals surface area contributed by atoms with E-state index in [4.69, 9.17) is 20.4 Å². The van der Waals surface area contributed by atoms with Crippen LogP contribution in [-0.4, -0.2) is 67.1 Å². The Hall–Kier alpha value is -7.08. The van der Waals surface area contributed by atoms with Crippen molar-refractivity contribution in [3.05, 3.63) is 200 Å². The molecule has 9 rings (SSSR count). The molecular weight excluding hydrogens is 827 g/mol. The molecule has 0 atom stereocenters. The van der Waals surface area contributed by atoms with Crippen LogP contribution in [0.15, 0.2) is 200 Å². The number of nitrogens with zero attached hydrogens (tertiary/aromatic N) is 6. The van der Waals surface area contributed by atoms with Crippen molar-refractivity contribution in [1.82, 2.24) is 29.1 Å². The first-order valence-corrected chi connectivity index (χ1v) is 20.3. The Kier molecular flexibility index (Phi) is 15.2. The second kappa shape index (κ2) is 21.1. The van der Waals surface area contributed by atoms with Crippen molar-refractivity contribution in [3.63, 3.8) is 0 Å². The van der Waals surface area contributed by atoms with Crippen molar-refractivity contribution in [2.24, 2.45) is 0 Å². The van der Waals surface area contributed by atoms with Gasteiger partial charge >= 0.3 is 24.2 Å². The van der Waals surface area contributed by atoms with Crippen LogP contribution in [0.4, 0.5) is 0 Å². The number of aromatic nitrogens is 6. The van der Waals surface area contributed by atoms with Crippen LogP contribution in [-0.2, 0) is 26.6 Å². The van der Waals surface area contributed by atoms with E-state index in [-0.39, 0.29) is 17.1 Å². The first kappa shape index (κ1) is 45.5. The second-order valence-electron chi connectivity index (χ2n) is 14.9. The number of methoxy groups -OCH3 is 1. The number of hydrogen-bond donors (Lipinski definition) is 1. The van der Waals surface area contributed by atoms with Gasteiger partial charge in [-0.3, -0.25) is 0 Å². The first-order valence-electron chi connectivity index (χ1n) is 20.3. The van der Waals surface area contributed by atoms with Crippen molar-refractivity contribution in [1.29, 1.82) is 0 Å². The summed E-state index contributed by atoms with van der Waals surface area (Å²) in [6, 6.07) is 69.2. The fourth-order valence-corrected chi connectivity index (χ4v) is 7.13. The van der Waals surface area contributed by atoms with E-state index in [1.54, 1.807) is 0 Å². The smallest absolute Gasteiger partial charge is 0.547 e. The molecule has 0 saturated heterocycles. The third-order valence-electron chi connectivity index (χ3n) is 10.6. The molecule has 10 nitrogen and oxygen atoms in total. The standard InChI is InChI=1S/C45H34BN6.C5H10O3.CH4O.Fe/c1-7-19-34(20-8-1)40-31-43(37-25-13-4-14-26-37)50(47-40)46(51-44(38-27-15-5-16-28-38)32-41(48-51)35-21-9-2-10-22-35)52-45(39-29-17-6-18-30-39)33-42(49-52)36-23-11-3-12-24-36;1-5(2,8-3)4(6)7;1-2;/h1-33,46H;1-3H3,(H,6,7);2H,1H3;/q-1;;;+2/p-1. The van der Waals surface area contributed by atoms with Crippen LogP contribution in [0.25, 0.3) is 67.5 Å². The number of benzene rings is 6. The van der Waals surface area contributed by atoms with Gasteiger partial charge in [0.1, 0.15) is 5.60 Å². The first-order chi connectivity index (χ1) is 30.3. The Morgan fingerprint density at radius 3 is 0.889 bits per heavy atom. The Bertz CT molecular complexity index is 2510. The topological polar surface area (TPSA) is 123 Å². The zero-order valence-electron chi connectivity index (χ0n) is 35.5. The number of ether oxygens (including phenoxy) is 1. The van der Waals surface area contributed by atoms with Gasteiger partial charge in [0.2, 0.25) is 0 Å². The van der Waals surface area contributed by atoms with Crippen LogP contribution >= 0.6 is 0 Å². The van der Waals surface area contributed by atoms with E-state index >= 15 is 0 Å². The molecule has 1 N–H and O–H groups in total. The van der Waals surface area contributed by atoms with Gasteiger partial charge in [-0.1, -0.05) is 182 Å². The summed E-state index contributed by atoms with van der Waals surface area (Å²) >= 11 is 0. The average Bonchev–Trinajstić information content (AvgIpc) is 4.11. The zero-order valence-corrected chi connectivity index (χ0v) is 36.6. The molecule has 0 aliphatic carbocycles. The summed E-state index contributed by atoms with van der Waals surface area (Å²) in [4.78, 5) is 10.0. The molecule has 3 heterocycles. The fourth-order valence-electron chi connectivity index (χ4n) is 7.13. The molecular formula is C51H47BFeN6O4. The van der Waals surface area contributed by atoms with Gasteiger partial charge in [0.05, 0.1) is 23.1 Å². The molecule has 316 valence electrons. The minimum absolute atomic E-state index is 0. The van der Waals surface area contributed by atoms with E-state index in [1.165, 1.54) is 21.0 Å². The van der Waals surface area contributed by atoms with Gasteiger partial charge in [-0.15, -0.1) is 0 Å². The van der Waals surface area contributed by atoms with Crippen molar-refractivity contribution in [2.45, 2.75) is 19.4 Å². The van der Waals surface area contributed by atoms with Crippen molar-refractivity contribution in [3.8, 4) is 67.5 Å². The number of hydrogen-bond acceptors (Lipinski definition) is 7. The number of carbonyl (C=O) groups is 1. The van der Waals surface area contributed by atoms with E-state index in [0.717, 1.165) is 74.7 Å². The summed E-state index contributed by atoms with van der Waals surface area (Å²) in [5.41, 5.74) is 10.7. The Labute approximate surface area is 378 Å². The van der Waals surface area contributed by atoms with E-state index < -0.39 is 18.7 Å². The molecule has 0 aliphatic heterocycles. The molecule has 9 aromatic rings. The van der Waals surface area contributed by atoms with Crippen LogP contribution in [0.2, 0.25) is 0 Å². The van der Waals surface area contributed by atoms with E-state index in [1.807, 2.05) is 36.4 Å². The quantitative estimate of drug-likeness (QED) is 0.129. The second-order valence-corrected chi connectivity index (χ2v) is 14.9. The molecule has 63 heavy (non-hydrogen) atoms. The number of aliphatic hydroxyl groups excluding tert-OH is 1. The Morgan fingerprint density at radius 2 is 0.698 bits per heavy atom. The summed E-state index contributed by atoms with van der Waals surface area (Å²) in [5.74, 6) is -1.19. The molecule has 3 aromatic heterocycles. The van der Waals surface area contributed by atoms with Gasteiger partial charge < -0.3 is 33.5 Å². The van der Waals surface area contributed by atoms with Crippen molar-refractivity contribution >= 4 is 13.1 Å². The summed E-state index contributed by atoms with van der Waals surface area (Å²) in [6.07, 6.45) is 0. The van der Waals surface area contributed by atoms with Crippen LogP contribution in [0.3, 0.4) is 0 Å². The van der Waals surface area contributed by atoms with Gasteiger partial charge in [0.25, 0.3) is 0 Å². The molecule has 0 aliphatic rings. The summed E-state index contributed by atoms with van der Waals surface area (Å²) in [5, 5.41) is 33.4. The molecule has 0 bridgehead atoms. The maximum atomic E-state index is 10.0. The molecule has 6 aromatic carbocycles. The number of carboxylic acid groups (broad SMARTS) is 1. The number of aliphatic carboxylic acids is 1. The normalized spacial score (nSPS) is 10.8. The van der Waals surface area contributed by atoms with E-state index in [2.05, 4.69) is 182 Å². The molecule has 0 fully saturated rings. The van der Waals surface area contributed by atoms with Crippen molar-refractivity contribution < 1.29 is 36.8 Å². The van der Waals surface area contributed by atoms with Crippen LogP contribution in [0.5, 0.6) is 0 Å². The van der Waals surface area contributed by atoms with Crippen molar-refractivity contribution in [2.75, 3.05) is 14.2 Å². The molecule has 12 heteroatoms. The largest absolute Gasteiger partial charge is 2.00 e.